The first-order valence-corrected chi connectivity index (χ1v) is 12.4. The number of sulfonamides is 1. The molecule has 30 heavy (non-hydrogen) atoms. The van der Waals surface area contributed by atoms with Gasteiger partial charge in [-0.25, -0.2) is 18.2 Å². The molecule has 7 nitrogen and oxygen atoms in total. The summed E-state index contributed by atoms with van der Waals surface area (Å²) in [6.45, 7) is 7.45. The van der Waals surface area contributed by atoms with Gasteiger partial charge in [-0.3, -0.25) is 15.0 Å². The number of nitrogens with one attached hydrogen (secondary N) is 1. The van der Waals surface area contributed by atoms with Gasteiger partial charge in [0.05, 0.1) is 0 Å². The molecule has 1 amide bonds. The van der Waals surface area contributed by atoms with E-state index in [0.717, 1.165) is 18.5 Å². The molecule has 0 bridgehead atoms. The molecule has 3 rings (SSSR count). The van der Waals surface area contributed by atoms with Crippen molar-refractivity contribution in [2.45, 2.75) is 82.8 Å². The lowest BCUT2D eigenvalue weighted by Gasteiger charge is -2.37. The Kier molecular flexibility index (Phi) is 6.89. The van der Waals surface area contributed by atoms with Crippen LogP contribution < -0.4 is 5.48 Å². The quantitative estimate of drug-likeness (QED) is 0.525. The van der Waals surface area contributed by atoms with E-state index in [4.69, 9.17) is 5.21 Å². The van der Waals surface area contributed by atoms with Crippen LogP contribution in [0.15, 0.2) is 18.3 Å². The number of nitrogens with zero attached hydrogens (tertiary/aromatic N) is 2. The van der Waals surface area contributed by atoms with Gasteiger partial charge in [-0.15, -0.1) is 0 Å². The first-order valence-electron chi connectivity index (χ1n) is 11.0. The first-order chi connectivity index (χ1) is 14.1. The van der Waals surface area contributed by atoms with E-state index in [1.807, 2.05) is 6.20 Å². The standard InChI is InChI=1S/C22H35N3O4S/c1-21(2,3)13-8-17-6-7-19(23-16-17)18-9-14-25(15-10-18)30(28,29)22(20(26)24-27)11-4-5-12-22/h6-7,16,18,27H,4-5,8-15H2,1-3H3,(H,24,26). The van der Waals surface area contributed by atoms with E-state index < -0.39 is 20.7 Å². The third kappa shape index (κ3) is 4.70. The van der Waals surface area contributed by atoms with E-state index in [1.54, 1.807) is 5.48 Å². The number of hydrogen-bond acceptors (Lipinski definition) is 5. The highest BCUT2D eigenvalue weighted by Gasteiger charge is 2.55. The lowest BCUT2D eigenvalue weighted by molar-refractivity contribution is -0.131. The number of carbonyl (C=O) groups is 1. The highest BCUT2D eigenvalue weighted by Crippen LogP contribution is 2.41. The molecule has 0 aromatic carbocycles. The van der Waals surface area contributed by atoms with E-state index in [0.29, 0.717) is 44.2 Å². The number of carbonyl (C=O) groups excluding carboxylic acids is 1. The summed E-state index contributed by atoms with van der Waals surface area (Å²) in [5, 5.41) is 9.13. The molecule has 1 saturated heterocycles. The molecule has 1 aliphatic heterocycles. The van der Waals surface area contributed by atoms with Gasteiger partial charge in [-0.2, -0.15) is 0 Å². The first kappa shape index (κ1) is 23.2. The van der Waals surface area contributed by atoms with Crippen LogP contribution in [0.3, 0.4) is 0 Å². The highest BCUT2D eigenvalue weighted by molar-refractivity contribution is 7.91. The monoisotopic (exact) mass is 437 g/mol. The van der Waals surface area contributed by atoms with Crippen molar-refractivity contribution in [2.75, 3.05) is 13.1 Å². The van der Waals surface area contributed by atoms with Gasteiger partial charge in [0.25, 0.3) is 5.91 Å². The second-order valence-corrected chi connectivity index (χ2v) is 12.2. The topological polar surface area (TPSA) is 99.6 Å². The molecule has 2 heterocycles. The molecule has 0 radical (unpaired) electrons. The van der Waals surface area contributed by atoms with Crippen LogP contribution in [-0.4, -0.2) is 46.7 Å². The number of piperidine rings is 1. The van der Waals surface area contributed by atoms with Crippen molar-refractivity contribution in [2.24, 2.45) is 5.41 Å². The SMILES string of the molecule is CC(C)(C)CCc1ccc(C2CCN(S(=O)(=O)C3(C(=O)NO)CCCC3)CC2)nc1. The number of aromatic nitrogens is 1. The van der Waals surface area contributed by atoms with E-state index >= 15 is 0 Å². The third-order valence-electron chi connectivity index (χ3n) is 6.64. The molecule has 2 fully saturated rings. The smallest absolute Gasteiger partial charge is 0.266 e. The Balaban J connectivity index is 1.63. The number of rotatable bonds is 6. The molecule has 0 atom stereocenters. The van der Waals surface area contributed by atoms with Crippen LogP contribution >= 0.6 is 0 Å². The number of aryl methyl sites for hydroxylation is 1. The Bertz CT molecular complexity index is 832. The fraction of sp³-hybridized carbons (Fsp3) is 0.727. The lowest BCUT2D eigenvalue weighted by Crippen LogP contribution is -2.56. The number of hydroxylamine groups is 1. The minimum absolute atomic E-state index is 0.222. The Morgan fingerprint density at radius 2 is 1.87 bits per heavy atom. The van der Waals surface area contributed by atoms with E-state index in [2.05, 4.69) is 37.9 Å². The molecule has 2 N–H and O–H groups in total. The summed E-state index contributed by atoms with van der Waals surface area (Å²) in [5.41, 5.74) is 4.13. The number of amides is 1. The summed E-state index contributed by atoms with van der Waals surface area (Å²) < 4.78 is 26.5. The molecular weight excluding hydrogens is 402 g/mol. The summed E-state index contributed by atoms with van der Waals surface area (Å²) in [4.78, 5) is 16.9. The summed E-state index contributed by atoms with van der Waals surface area (Å²) in [6.07, 6.45) is 7.30. The maximum absolute atomic E-state index is 13.3. The normalized spacial score (nSPS) is 20.9. The van der Waals surface area contributed by atoms with Crippen molar-refractivity contribution in [1.29, 1.82) is 0 Å². The van der Waals surface area contributed by atoms with Gasteiger partial charge in [0, 0.05) is 30.9 Å². The van der Waals surface area contributed by atoms with Gasteiger partial charge >= 0.3 is 0 Å². The molecule has 1 saturated carbocycles. The van der Waals surface area contributed by atoms with Crippen molar-refractivity contribution < 1.29 is 18.4 Å². The molecule has 168 valence electrons. The van der Waals surface area contributed by atoms with Crippen LogP contribution in [0.1, 0.15) is 82.9 Å². The summed E-state index contributed by atoms with van der Waals surface area (Å²) >= 11 is 0. The molecule has 0 spiro atoms. The number of hydrogen-bond donors (Lipinski definition) is 2. The van der Waals surface area contributed by atoms with E-state index in [1.165, 1.54) is 9.87 Å². The van der Waals surface area contributed by atoms with E-state index in [9.17, 15) is 13.2 Å². The molecule has 1 aromatic heterocycles. The second kappa shape index (κ2) is 8.93. The van der Waals surface area contributed by atoms with Crippen LogP contribution in [0.5, 0.6) is 0 Å². The Morgan fingerprint density at radius 3 is 2.37 bits per heavy atom. The average molecular weight is 438 g/mol. The van der Waals surface area contributed by atoms with Crippen LogP contribution in [0.4, 0.5) is 0 Å². The second-order valence-electron chi connectivity index (χ2n) is 9.97. The van der Waals surface area contributed by atoms with Gasteiger partial charge in [0.2, 0.25) is 10.0 Å². The maximum Gasteiger partial charge on any atom is 0.266 e. The van der Waals surface area contributed by atoms with Gasteiger partial charge in [-0.1, -0.05) is 39.7 Å². The Morgan fingerprint density at radius 1 is 1.23 bits per heavy atom. The van der Waals surface area contributed by atoms with Crippen molar-refractivity contribution in [1.82, 2.24) is 14.8 Å². The fourth-order valence-electron chi connectivity index (χ4n) is 4.63. The zero-order chi connectivity index (χ0) is 22.0. The van der Waals surface area contributed by atoms with Gasteiger partial charge in [0.1, 0.15) is 0 Å². The molecule has 2 aliphatic rings. The molecule has 1 aromatic rings. The van der Waals surface area contributed by atoms with Gasteiger partial charge in [-0.05, 0) is 55.6 Å². The molecule has 1 aliphatic carbocycles. The van der Waals surface area contributed by atoms with Gasteiger partial charge < -0.3 is 0 Å². The van der Waals surface area contributed by atoms with Crippen LogP contribution in [0.2, 0.25) is 0 Å². The maximum atomic E-state index is 13.3. The zero-order valence-corrected chi connectivity index (χ0v) is 19.2. The van der Waals surface area contributed by atoms with Crippen molar-refractivity contribution in [3.8, 4) is 0 Å². The highest BCUT2D eigenvalue weighted by atomic mass is 32.2. The zero-order valence-electron chi connectivity index (χ0n) is 18.4. The minimum Gasteiger partial charge on any atom is -0.289 e. The van der Waals surface area contributed by atoms with Crippen molar-refractivity contribution >= 4 is 15.9 Å². The summed E-state index contributed by atoms with van der Waals surface area (Å²) in [7, 11) is -3.83. The van der Waals surface area contributed by atoms with Crippen molar-refractivity contribution in [3.63, 3.8) is 0 Å². The summed E-state index contributed by atoms with van der Waals surface area (Å²) in [6, 6.07) is 4.21. The molecule has 8 heteroatoms. The van der Waals surface area contributed by atoms with E-state index in [-0.39, 0.29) is 18.8 Å². The van der Waals surface area contributed by atoms with Crippen LogP contribution in [0, 0.1) is 5.41 Å². The minimum atomic E-state index is -3.83. The van der Waals surface area contributed by atoms with Gasteiger partial charge in [0.15, 0.2) is 4.75 Å². The predicted molar refractivity (Wildman–Crippen MR) is 116 cm³/mol. The summed E-state index contributed by atoms with van der Waals surface area (Å²) in [5.74, 6) is -0.575. The number of pyridine rings is 1. The lowest BCUT2D eigenvalue weighted by atomic mass is 9.88. The largest absolute Gasteiger partial charge is 0.289 e. The Hall–Kier alpha value is -1.51. The van der Waals surface area contributed by atoms with Crippen molar-refractivity contribution in [3.05, 3.63) is 29.6 Å². The predicted octanol–water partition coefficient (Wildman–Crippen LogP) is 3.39. The molecular formula is C22H35N3O4S. The average Bonchev–Trinajstić information content (AvgIpc) is 3.23. The molecule has 0 unspecified atom stereocenters. The fourth-order valence-corrected chi connectivity index (χ4v) is 6.90. The van der Waals surface area contributed by atoms with Crippen LogP contribution in [0.25, 0.3) is 0 Å². The third-order valence-corrected chi connectivity index (χ3v) is 9.27. The Labute approximate surface area is 180 Å². The van der Waals surface area contributed by atoms with Crippen LogP contribution in [-0.2, 0) is 21.2 Å².